The SMILES string of the molecule is COC(CNC1=NCC2(C)C(=N1)C(Nc1ccc(F)c(Cl)c1)=Nc1cc(C(=O)O)ccc12)OC. The first kappa shape index (κ1) is 23.8. The zero-order valence-electron chi connectivity index (χ0n) is 18.7. The molecule has 11 heteroatoms. The lowest BCUT2D eigenvalue weighted by atomic mass is 9.74. The van der Waals surface area contributed by atoms with E-state index in [4.69, 9.17) is 26.1 Å². The van der Waals surface area contributed by atoms with Crippen molar-refractivity contribution in [3.63, 3.8) is 0 Å². The Bertz CT molecular complexity index is 1230. The van der Waals surface area contributed by atoms with Crippen LogP contribution in [0.2, 0.25) is 5.02 Å². The number of fused-ring (bicyclic) bond motifs is 3. The van der Waals surface area contributed by atoms with Crippen molar-refractivity contribution in [2.45, 2.75) is 18.6 Å². The van der Waals surface area contributed by atoms with Crippen LogP contribution in [0.5, 0.6) is 0 Å². The van der Waals surface area contributed by atoms with Crippen molar-refractivity contribution in [1.82, 2.24) is 5.32 Å². The molecule has 4 rings (SSSR count). The number of amidine groups is 1. The standard InChI is InChI=1S/C23H23ClFN5O4/c1-23-11-27-22(26-10-18(33-2)34-3)30-19(23)20(28-13-5-7-16(25)15(24)9-13)29-17-8-12(21(31)32)4-6-14(17)23/h4-9,18H,10-11H2,1-3H3,(H,26,27)(H,28,29)(H,31,32). The van der Waals surface area contributed by atoms with Gasteiger partial charge in [0.1, 0.15) is 5.82 Å². The number of anilines is 1. The smallest absolute Gasteiger partial charge is 0.335 e. The number of nitrogens with one attached hydrogen (secondary N) is 2. The van der Waals surface area contributed by atoms with Gasteiger partial charge in [-0.15, -0.1) is 0 Å². The van der Waals surface area contributed by atoms with E-state index in [1.165, 1.54) is 44.6 Å². The number of aromatic carboxylic acids is 1. The van der Waals surface area contributed by atoms with Crippen molar-refractivity contribution >= 4 is 46.5 Å². The quantitative estimate of drug-likeness (QED) is 0.536. The molecule has 178 valence electrons. The molecule has 9 nitrogen and oxygen atoms in total. The number of carbonyl (C=O) groups is 1. The molecule has 3 N–H and O–H groups in total. The number of carboxylic acid groups (broad SMARTS) is 1. The summed E-state index contributed by atoms with van der Waals surface area (Å²) in [7, 11) is 3.07. The summed E-state index contributed by atoms with van der Waals surface area (Å²) in [4.78, 5) is 25.5. The van der Waals surface area contributed by atoms with Gasteiger partial charge in [-0.2, -0.15) is 0 Å². The Morgan fingerprint density at radius 2 is 2.00 bits per heavy atom. The van der Waals surface area contributed by atoms with E-state index in [1.54, 1.807) is 6.07 Å². The highest BCUT2D eigenvalue weighted by atomic mass is 35.5. The highest BCUT2D eigenvalue weighted by molar-refractivity contribution is 6.51. The van der Waals surface area contributed by atoms with Crippen LogP contribution < -0.4 is 10.6 Å². The number of rotatable bonds is 6. The van der Waals surface area contributed by atoms with Crippen molar-refractivity contribution in [2.75, 3.05) is 32.6 Å². The molecule has 0 saturated carbocycles. The van der Waals surface area contributed by atoms with Gasteiger partial charge >= 0.3 is 5.97 Å². The van der Waals surface area contributed by atoms with Gasteiger partial charge in [-0.05, 0) is 42.8 Å². The summed E-state index contributed by atoms with van der Waals surface area (Å²) in [6.07, 6.45) is -0.481. The van der Waals surface area contributed by atoms with Gasteiger partial charge in [0.15, 0.2) is 12.1 Å². The van der Waals surface area contributed by atoms with Gasteiger partial charge in [0.25, 0.3) is 0 Å². The first-order valence-electron chi connectivity index (χ1n) is 10.4. The molecule has 1 atom stereocenters. The summed E-state index contributed by atoms with van der Waals surface area (Å²) in [6, 6.07) is 9.01. The number of methoxy groups -OCH3 is 2. The minimum Gasteiger partial charge on any atom is -0.478 e. The lowest BCUT2D eigenvalue weighted by Crippen LogP contribution is -2.49. The number of nitrogens with zero attached hydrogens (tertiary/aromatic N) is 3. The molecule has 0 spiro atoms. The number of guanidine groups is 1. The Labute approximate surface area is 200 Å². The molecule has 0 radical (unpaired) electrons. The minimum atomic E-state index is -1.05. The second kappa shape index (κ2) is 9.49. The molecule has 0 aromatic heterocycles. The fourth-order valence-corrected chi connectivity index (χ4v) is 4.01. The van der Waals surface area contributed by atoms with Crippen LogP contribution in [-0.2, 0) is 14.9 Å². The Hall–Kier alpha value is -3.34. The van der Waals surface area contributed by atoms with Crippen LogP contribution in [0, 0.1) is 5.82 Å². The van der Waals surface area contributed by atoms with Crippen LogP contribution in [-0.4, -0.2) is 62.2 Å². The van der Waals surface area contributed by atoms with Gasteiger partial charge in [-0.1, -0.05) is 17.7 Å². The molecule has 0 aliphatic carbocycles. The third kappa shape index (κ3) is 4.52. The number of aliphatic imine (C=N–C) groups is 3. The molecular formula is C23H23ClFN5O4. The van der Waals surface area contributed by atoms with E-state index in [1.807, 2.05) is 6.92 Å². The third-order valence-corrected chi connectivity index (χ3v) is 6.01. The van der Waals surface area contributed by atoms with Gasteiger partial charge < -0.3 is 25.2 Å². The lowest BCUT2D eigenvalue weighted by Gasteiger charge is -2.37. The van der Waals surface area contributed by atoms with Gasteiger partial charge in [0, 0.05) is 19.9 Å². The largest absolute Gasteiger partial charge is 0.478 e. The Balaban J connectivity index is 1.76. The number of carboxylic acids is 1. The molecule has 0 bridgehead atoms. The average molecular weight is 488 g/mol. The predicted molar refractivity (Wildman–Crippen MR) is 128 cm³/mol. The van der Waals surface area contributed by atoms with Gasteiger partial charge in [-0.3, -0.25) is 4.99 Å². The molecule has 34 heavy (non-hydrogen) atoms. The predicted octanol–water partition coefficient (Wildman–Crippen LogP) is 3.61. The lowest BCUT2D eigenvalue weighted by molar-refractivity contribution is -0.0965. The third-order valence-electron chi connectivity index (χ3n) is 5.72. The van der Waals surface area contributed by atoms with Crippen molar-refractivity contribution in [3.05, 3.63) is 58.4 Å². The van der Waals surface area contributed by atoms with E-state index >= 15 is 0 Å². The summed E-state index contributed by atoms with van der Waals surface area (Å²) in [5, 5.41) is 15.7. The molecule has 0 fully saturated rings. The van der Waals surface area contributed by atoms with Crippen molar-refractivity contribution < 1.29 is 23.8 Å². The molecule has 2 aliphatic rings. The molecule has 0 amide bonds. The first-order valence-corrected chi connectivity index (χ1v) is 10.7. The van der Waals surface area contributed by atoms with Gasteiger partial charge in [0.05, 0.1) is 40.5 Å². The zero-order chi connectivity index (χ0) is 24.5. The Morgan fingerprint density at radius 3 is 2.68 bits per heavy atom. The number of hydrogen-bond acceptors (Lipinski definition) is 8. The maximum absolute atomic E-state index is 13.7. The maximum atomic E-state index is 13.7. The summed E-state index contributed by atoms with van der Waals surface area (Å²) < 4.78 is 24.1. The van der Waals surface area contributed by atoms with Crippen LogP contribution in [0.1, 0.15) is 22.8 Å². The molecule has 1 unspecified atom stereocenters. The Kier molecular flexibility index (Phi) is 6.65. The number of halogens is 2. The minimum absolute atomic E-state index is 0.0441. The fourth-order valence-electron chi connectivity index (χ4n) is 3.83. The van der Waals surface area contributed by atoms with E-state index in [9.17, 15) is 14.3 Å². The van der Waals surface area contributed by atoms with Crippen LogP contribution in [0.4, 0.5) is 15.8 Å². The summed E-state index contributed by atoms with van der Waals surface area (Å²) in [5.41, 5.74) is 1.81. The second-order valence-electron chi connectivity index (χ2n) is 7.97. The molecule has 2 aliphatic heterocycles. The topological polar surface area (TPSA) is 117 Å². The molecule has 0 saturated heterocycles. The molecular weight excluding hydrogens is 465 g/mol. The first-order chi connectivity index (χ1) is 16.2. The summed E-state index contributed by atoms with van der Waals surface area (Å²) in [5.74, 6) is -0.840. The van der Waals surface area contributed by atoms with Crippen LogP contribution in [0.3, 0.4) is 0 Å². The summed E-state index contributed by atoms with van der Waals surface area (Å²) in [6.45, 7) is 2.63. The number of benzene rings is 2. The monoisotopic (exact) mass is 487 g/mol. The van der Waals surface area contributed by atoms with Gasteiger partial charge in [0.2, 0.25) is 5.96 Å². The molecule has 2 heterocycles. The van der Waals surface area contributed by atoms with E-state index < -0.39 is 23.5 Å². The van der Waals surface area contributed by atoms with E-state index in [-0.39, 0.29) is 10.6 Å². The number of hydrogen-bond donors (Lipinski definition) is 3. The highest BCUT2D eigenvalue weighted by Crippen LogP contribution is 2.40. The zero-order valence-corrected chi connectivity index (χ0v) is 19.5. The maximum Gasteiger partial charge on any atom is 0.335 e. The molecule has 2 aromatic rings. The number of ether oxygens (including phenoxy) is 2. The second-order valence-corrected chi connectivity index (χ2v) is 8.37. The van der Waals surface area contributed by atoms with E-state index in [0.717, 1.165) is 5.56 Å². The van der Waals surface area contributed by atoms with Crippen molar-refractivity contribution in [3.8, 4) is 0 Å². The normalized spacial score (nSPS) is 18.9. The van der Waals surface area contributed by atoms with Crippen LogP contribution >= 0.6 is 11.6 Å². The summed E-state index contributed by atoms with van der Waals surface area (Å²) >= 11 is 5.95. The van der Waals surface area contributed by atoms with Gasteiger partial charge in [-0.25, -0.2) is 19.2 Å². The van der Waals surface area contributed by atoms with E-state index in [0.29, 0.717) is 42.0 Å². The fraction of sp³-hybridized carbons (Fsp3) is 0.304. The van der Waals surface area contributed by atoms with Crippen molar-refractivity contribution in [1.29, 1.82) is 0 Å². The van der Waals surface area contributed by atoms with Crippen LogP contribution in [0.25, 0.3) is 0 Å². The highest BCUT2D eigenvalue weighted by Gasteiger charge is 2.43. The van der Waals surface area contributed by atoms with Crippen LogP contribution in [0.15, 0.2) is 51.4 Å². The average Bonchev–Trinajstić information content (AvgIpc) is 2.82. The molecule has 2 aromatic carbocycles. The van der Waals surface area contributed by atoms with E-state index in [2.05, 4.69) is 20.6 Å². The Morgan fingerprint density at radius 1 is 1.24 bits per heavy atom. The van der Waals surface area contributed by atoms with Crippen molar-refractivity contribution in [2.24, 2.45) is 15.0 Å².